The third-order valence-electron chi connectivity index (χ3n) is 2.04. The van der Waals surface area contributed by atoms with Gasteiger partial charge in [-0.1, -0.05) is 0 Å². The molecule has 2 unspecified atom stereocenters. The summed E-state index contributed by atoms with van der Waals surface area (Å²) in [5.74, 6) is 5.81. The Morgan fingerprint density at radius 2 is 1.46 bits per heavy atom. The van der Waals surface area contributed by atoms with Gasteiger partial charge in [-0.2, -0.15) is 0 Å². The maximum atomic E-state index is 2.60. The van der Waals surface area contributed by atoms with Gasteiger partial charge < -0.3 is 0 Å². The van der Waals surface area contributed by atoms with Crippen molar-refractivity contribution < 1.29 is 0 Å². The zero-order valence-electron chi connectivity index (χ0n) is 8.12. The molecule has 2 aliphatic heterocycles. The Balaban J connectivity index is 1.60. The van der Waals surface area contributed by atoms with Crippen molar-refractivity contribution in [1.82, 2.24) is 0 Å². The Morgan fingerprint density at radius 1 is 1.08 bits per heavy atom. The van der Waals surface area contributed by atoms with E-state index in [-0.39, 0.29) is 0 Å². The third-order valence-corrected chi connectivity index (χ3v) is 33.2. The van der Waals surface area contributed by atoms with Crippen molar-refractivity contribution in [2.75, 3.05) is 23.0 Å². The van der Waals surface area contributed by atoms with Gasteiger partial charge in [-0.15, -0.1) is 0 Å². The van der Waals surface area contributed by atoms with Crippen molar-refractivity contribution in [3.05, 3.63) is 0 Å². The molecule has 0 aromatic carbocycles. The Hall–Kier alpha value is 2.32. The summed E-state index contributed by atoms with van der Waals surface area (Å²) in [4.78, 5) is 0. The monoisotopic (exact) mass is 448 g/mol. The molecule has 0 N–H and O–H groups in total. The van der Waals surface area contributed by atoms with Crippen LogP contribution in [0.25, 0.3) is 0 Å². The summed E-state index contributed by atoms with van der Waals surface area (Å²) in [6.45, 7) is 0. The summed E-state index contributed by atoms with van der Waals surface area (Å²) < 4.78 is 5.20. The normalized spacial score (nSPS) is 31.8. The fraction of sp³-hybridized carbons (Fsp3) is 1.00. The Bertz CT molecular complexity index is 159. The minimum absolute atomic E-state index is 1.04. The molecule has 0 nitrogen and oxygen atoms in total. The van der Waals surface area contributed by atoms with Crippen molar-refractivity contribution >= 4 is 58.3 Å². The van der Waals surface area contributed by atoms with Crippen molar-refractivity contribution in [3.8, 4) is 0 Å². The molecule has 0 spiro atoms. The molecular weight excluding hydrogens is 432 g/mol. The van der Waals surface area contributed by atoms with Crippen molar-refractivity contribution in [2.24, 2.45) is 0 Å². The van der Waals surface area contributed by atoms with Crippen LogP contribution in [0.1, 0.15) is 0 Å². The first-order valence-electron chi connectivity index (χ1n) is 4.67. The van der Waals surface area contributed by atoms with Gasteiger partial charge in [0, 0.05) is 0 Å². The van der Waals surface area contributed by atoms with Gasteiger partial charge in [0.25, 0.3) is 0 Å². The van der Waals surface area contributed by atoms with Crippen LogP contribution < -0.4 is 0 Å². The molecule has 13 heavy (non-hydrogen) atoms. The number of hydrogen-bond acceptors (Lipinski definition) is 4. The van der Waals surface area contributed by atoms with Crippen molar-refractivity contribution in [3.63, 3.8) is 0 Å². The Labute approximate surface area is 99.5 Å². The molecule has 0 aromatic heterocycles. The molecule has 76 valence electrons. The van der Waals surface area contributed by atoms with E-state index in [4.69, 9.17) is 0 Å². The van der Waals surface area contributed by atoms with Crippen molar-refractivity contribution in [1.29, 1.82) is 0 Å². The maximum absolute atomic E-state index is 2.60. The summed E-state index contributed by atoms with van der Waals surface area (Å²) in [7, 11) is 4.75. The molecule has 2 heterocycles. The predicted octanol–water partition coefficient (Wildman–Crippen LogP) is 3.39. The zero-order chi connectivity index (χ0) is 9.31. The molecule has 2 atom stereocenters. The number of rotatable bonds is 6. The molecule has 0 bridgehead atoms. The minimum atomic E-state index is -1.78. The van der Waals surface area contributed by atoms with E-state index in [1.54, 1.807) is 0 Å². The zero-order valence-corrected chi connectivity index (χ0v) is 15.3. The number of thioether (sulfide) groups is 2. The quantitative estimate of drug-likeness (QED) is 0.452. The molecule has 2 fully saturated rings. The molecule has 2 rings (SSSR count). The summed E-state index contributed by atoms with van der Waals surface area (Å²) in [6.07, 6.45) is 0. The Morgan fingerprint density at radius 3 is 1.77 bits per heavy atom. The second-order valence-electron chi connectivity index (χ2n) is 3.93. The van der Waals surface area contributed by atoms with E-state index in [0.717, 1.165) is 10.5 Å². The van der Waals surface area contributed by atoms with E-state index in [1.165, 1.54) is 23.0 Å². The topological polar surface area (TPSA) is 0 Å². The SMILES string of the molecule is [CH3][Pb]([CH3])([S]CC1CS1)[S]CC1CS1. The van der Waals surface area contributed by atoms with Crippen LogP contribution in [0.5, 0.6) is 0 Å². The van der Waals surface area contributed by atoms with E-state index in [2.05, 4.69) is 49.1 Å². The van der Waals surface area contributed by atoms with E-state index >= 15 is 0 Å². The van der Waals surface area contributed by atoms with Crippen LogP contribution in [0.4, 0.5) is 0 Å². The molecule has 2 saturated heterocycles. The fourth-order valence-corrected chi connectivity index (χ4v) is 28.1. The van der Waals surface area contributed by atoms with Gasteiger partial charge in [0.2, 0.25) is 0 Å². The standard InChI is InChI=1S/2C3H6S2.2CH3.Pb/c2*4-1-3-2-5-3;;;/h2*3-4H,1-2H2;2*1H3;/q;;;;+2/p-2. The van der Waals surface area contributed by atoms with Gasteiger partial charge in [0.05, 0.1) is 0 Å². The average molecular weight is 448 g/mol. The summed E-state index contributed by atoms with van der Waals surface area (Å²) in [5, 5.41) is 2.08. The first kappa shape index (κ1) is 11.8. The summed E-state index contributed by atoms with van der Waals surface area (Å²) in [5.41, 5.74) is 0. The van der Waals surface area contributed by atoms with Gasteiger partial charge in [-0.05, 0) is 0 Å². The summed E-state index contributed by atoms with van der Waals surface area (Å²) in [6, 6.07) is 0. The van der Waals surface area contributed by atoms with E-state index in [1.807, 2.05) is 0 Å². The molecule has 0 aromatic rings. The van der Waals surface area contributed by atoms with Crippen LogP contribution in [0, 0.1) is 0 Å². The first-order chi connectivity index (χ1) is 6.16. The van der Waals surface area contributed by atoms with Crippen LogP contribution in [-0.2, 0) is 0 Å². The van der Waals surface area contributed by atoms with Gasteiger partial charge >= 0.3 is 101 Å². The van der Waals surface area contributed by atoms with E-state index < -0.39 is 18.2 Å². The molecule has 0 saturated carbocycles. The third kappa shape index (κ3) is 5.27. The van der Waals surface area contributed by atoms with Gasteiger partial charge in [0.15, 0.2) is 0 Å². The van der Waals surface area contributed by atoms with Gasteiger partial charge in [0.1, 0.15) is 0 Å². The van der Waals surface area contributed by atoms with Crippen LogP contribution in [0.2, 0.25) is 8.97 Å². The van der Waals surface area contributed by atoms with Crippen LogP contribution in [0.15, 0.2) is 0 Å². The molecule has 0 radical (unpaired) electrons. The first-order valence-corrected chi connectivity index (χ1v) is 26.0. The Kier molecular flexibility index (Phi) is 4.63. The molecule has 2 aliphatic rings. The molecule has 0 amide bonds. The van der Waals surface area contributed by atoms with E-state index in [9.17, 15) is 0 Å². The van der Waals surface area contributed by atoms with E-state index in [0.29, 0.717) is 0 Å². The van der Waals surface area contributed by atoms with Crippen LogP contribution in [0.3, 0.4) is 0 Å². The van der Waals surface area contributed by atoms with Gasteiger partial charge in [-0.3, -0.25) is 0 Å². The van der Waals surface area contributed by atoms with Crippen molar-refractivity contribution in [2.45, 2.75) is 19.5 Å². The predicted molar refractivity (Wildman–Crippen MR) is 74.9 cm³/mol. The summed E-state index contributed by atoms with van der Waals surface area (Å²) >= 11 is 2.52. The van der Waals surface area contributed by atoms with Crippen LogP contribution >= 0.6 is 40.1 Å². The van der Waals surface area contributed by atoms with Crippen LogP contribution in [-0.4, -0.2) is 51.7 Å². The number of hydrogen-bond donors (Lipinski definition) is 0. The molecular formula is C8H16PbS4. The second kappa shape index (κ2) is 5.10. The second-order valence-corrected chi connectivity index (χ2v) is 45.6. The van der Waals surface area contributed by atoms with Gasteiger partial charge in [-0.25, -0.2) is 0 Å². The molecule has 5 heteroatoms. The molecule has 0 aliphatic carbocycles. The fourth-order valence-electron chi connectivity index (χ4n) is 0.957. The average Bonchev–Trinajstić information content (AvgIpc) is 2.92.